The third-order valence-electron chi connectivity index (χ3n) is 3.80. The minimum absolute atomic E-state index is 0.0149. The minimum atomic E-state index is -0.586. The molecule has 19 heavy (non-hydrogen) atoms. The predicted molar refractivity (Wildman–Crippen MR) is 70.4 cm³/mol. The summed E-state index contributed by atoms with van der Waals surface area (Å²) in [6.45, 7) is 2.97. The molecule has 0 aromatic heterocycles. The second-order valence-corrected chi connectivity index (χ2v) is 5.29. The van der Waals surface area contributed by atoms with E-state index in [4.69, 9.17) is 10.5 Å². The van der Waals surface area contributed by atoms with E-state index in [0.29, 0.717) is 6.54 Å². The second-order valence-electron chi connectivity index (χ2n) is 5.29. The molecule has 2 amide bonds. The smallest absolute Gasteiger partial charge is 0.235 e. The van der Waals surface area contributed by atoms with Gasteiger partial charge in [-0.25, -0.2) is 0 Å². The molecule has 6 nitrogen and oxygen atoms in total. The van der Waals surface area contributed by atoms with Crippen molar-refractivity contribution in [1.82, 2.24) is 10.2 Å². The lowest BCUT2D eigenvalue weighted by atomic mass is 10.1. The van der Waals surface area contributed by atoms with Gasteiger partial charge in [0.15, 0.2) is 0 Å². The molecule has 2 heterocycles. The maximum Gasteiger partial charge on any atom is 0.235 e. The molecule has 2 atom stereocenters. The summed E-state index contributed by atoms with van der Waals surface area (Å²) in [5.41, 5.74) is 5.36. The topological polar surface area (TPSA) is 84.7 Å². The maximum absolute atomic E-state index is 12.0. The van der Waals surface area contributed by atoms with Gasteiger partial charge in [0, 0.05) is 26.2 Å². The molecular weight excluding hydrogens is 246 g/mol. The van der Waals surface area contributed by atoms with Crippen molar-refractivity contribution < 1.29 is 14.3 Å². The summed E-state index contributed by atoms with van der Waals surface area (Å²) in [4.78, 5) is 25.2. The van der Waals surface area contributed by atoms with Crippen molar-refractivity contribution in [3.05, 3.63) is 0 Å². The van der Waals surface area contributed by atoms with Gasteiger partial charge in [-0.3, -0.25) is 9.59 Å². The van der Waals surface area contributed by atoms with Crippen LogP contribution in [-0.2, 0) is 14.3 Å². The van der Waals surface area contributed by atoms with E-state index in [1.165, 1.54) is 0 Å². The zero-order valence-electron chi connectivity index (χ0n) is 11.3. The van der Waals surface area contributed by atoms with Crippen molar-refractivity contribution in [3.63, 3.8) is 0 Å². The Morgan fingerprint density at radius 1 is 1.32 bits per heavy atom. The molecule has 0 aliphatic carbocycles. The first-order valence-electron chi connectivity index (χ1n) is 7.09. The number of nitrogens with zero attached hydrogens (tertiary/aromatic N) is 1. The summed E-state index contributed by atoms with van der Waals surface area (Å²) in [7, 11) is 0. The summed E-state index contributed by atoms with van der Waals surface area (Å²) >= 11 is 0. The highest BCUT2D eigenvalue weighted by Gasteiger charge is 2.26. The van der Waals surface area contributed by atoms with Gasteiger partial charge in [-0.05, 0) is 25.7 Å². The van der Waals surface area contributed by atoms with Crippen LogP contribution >= 0.6 is 0 Å². The van der Waals surface area contributed by atoms with Gasteiger partial charge in [0.1, 0.15) is 0 Å². The first-order chi connectivity index (χ1) is 9.16. The van der Waals surface area contributed by atoms with E-state index in [1.54, 1.807) is 0 Å². The first kappa shape index (κ1) is 14.3. The Morgan fingerprint density at radius 2 is 2.05 bits per heavy atom. The lowest BCUT2D eigenvalue weighted by molar-refractivity contribution is -0.133. The Kier molecular flexibility index (Phi) is 5.15. The molecule has 108 valence electrons. The number of carbonyl (C=O) groups excluding carboxylic acids is 2. The molecule has 2 unspecified atom stereocenters. The molecule has 3 N–H and O–H groups in total. The number of nitrogens with one attached hydrogen (secondary N) is 1. The highest BCUT2D eigenvalue weighted by molar-refractivity contribution is 5.87. The molecule has 0 aromatic carbocycles. The first-order valence-corrected chi connectivity index (χ1v) is 7.09. The largest absolute Gasteiger partial charge is 0.377 e. The van der Waals surface area contributed by atoms with Crippen LogP contribution in [-0.4, -0.2) is 55.1 Å². The predicted octanol–water partition coefficient (Wildman–Crippen LogP) is -0.379. The molecule has 2 aliphatic rings. The monoisotopic (exact) mass is 269 g/mol. The molecule has 0 bridgehead atoms. The number of nitrogens with two attached hydrogens (primary N) is 1. The van der Waals surface area contributed by atoms with Gasteiger partial charge in [0.05, 0.1) is 18.6 Å². The highest BCUT2D eigenvalue weighted by Crippen LogP contribution is 2.12. The standard InChI is InChI=1S/C13H23N3O3/c14-13(18)11(15-9-10-4-3-7-19-10)8-12(17)16-5-1-2-6-16/h10-11,15H,1-9H2,(H2,14,18). The Morgan fingerprint density at radius 3 is 2.63 bits per heavy atom. The van der Waals surface area contributed by atoms with Crippen LogP contribution in [0.1, 0.15) is 32.1 Å². The van der Waals surface area contributed by atoms with Crippen LogP contribution in [0.5, 0.6) is 0 Å². The molecule has 2 aliphatic heterocycles. The molecule has 0 radical (unpaired) electrons. The quantitative estimate of drug-likeness (QED) is 0.688. The zero-order valence-corrected chi connectivity index (χ0v) is 11.3. The third kappa shape index (κ3) is 4.18. The fourth-order valence-electron chi connectivity index (χ4n) is 2.62. The van der Waals surface area contributed by atoms with Crippen molar-refractivity contribution in [1.29, 1.82) is 0 Å². The van der Waals surface area contributed by atoms with E-state index in [0.717, 1.165) is 45.4 Å². The number of hydrogen-bond donors (Lipinski definition) is 2. The van der Waals surface area contributed by atoms with Crippen LogP contribution in [0, 0.1) is 0 Å². The SMILES string of the molecule is NC(=O)C(CC(=O)N1CCCC1)NCC1CCCO1. The molecule has 2 saturated heterocycles. The number of likely N-dealkylation sites (tertiary alicyclic amines) is 1. The summed E-state index contributed by atoms with van der Waals surface area (Å²) in [5, 5.41) is 3.07. The Hall–Kier alpha value is -1.14. The second kappa shape index (κ2) is 6.86. The van der Waals surface area contributed by atoms with Gasteiger partial charge >= 0.3 is 0 Å². The van der Waals surface area contributed by atoms with Crippen LogP contribution < -0.4 is 11.1 Å². The van der Waals surface area contributed by atoms with E-state index in [-0.39, 0.29) is 18.4 Å². The van der Waals surface area contributed by atoms with Gasteiger partial charge < -0.3 is 20.7 Å². The zero-order chi connectivity index (χ0) is 13.7. The molecule has 2 fully saturated rings. The van der Waals surface area contributed by atoms with Crippen LogP contribution in [0.4, 0.5) is 0 Å². The van der Waals surface area contributed by atoms with Crippen molar-refractivity contribution in [3.8, 4) is 0 Å². The van der Waals surface area contributed by atoms with Gasteiger partial charge in [0.25, 0.3) is 0 Å². The lowest BCUT2D eigenvalue weighted by Crippen LogP contribution is -2.47. The van der Waals surface area contributed by atoms with Gasteiger partial charge in [-0.1, -0.05) is 0 Å². The summed E-state index contributed by atoms with van der Waals surface area (Å²) < 4.78 is 5.48. The number of ether oxygens (including phenoxy) is 1. The number of hydrogen-bond acceptors (Lipinski definition) is 4. The van der Waals surface area contributed by atoms with Gasteiger partial charge in [-0.15, -0.1) is 0 Å². The summed E-state index contributed by atoms with van der Waals surface area (Å²) in [5.74, 6) is -0.452. The molecule has 0 saturated carbocycles. The molecule has 6 heteroatoms. The van der Waals surface area contributed by atoms with Gasteiger partial charge in [-0.2, -0.15) is 0 Å². The highest BCUT2D eigenvalue weighted by atomic mass is 16.5. The number of rotatable bonds is 6. The number of primary amides is 1. The average Bonchev–Trinajstić information content (AvgIpc) is 3.05. The van der Waals surface area contributed by atoms with Gasteiger partial charge in [0.2, 0.25) is 11.8 Å². The van der Waals surface area contributed by atoms with E-state index in [9.17, 15) is 9.59 Å². The summed E-state index contributed by atoms with van der Waals surface area (Å²) in [6, 6.07) is -0.586. The number of carbonyl (C=O) groups is 2. The Labute approximate surface area is 113 Å². The minimum Gasteiger partial charge on any atom is -0.377 e. The van der Waals surface area contributed by atoms with E-state index >= 15 is 0 Å². The van der Waals surface area contributed by atoms with Crippen LogP contribution in [0.25, 0.3) is 0 Å². The third-order valence-corrected chi connectivity index (χ3v) is 3.80. The Bertz CT molecular complexity index is 323. The van der Waals surface area contributed by atoms with Crippen molar-refractivity contribution in [2.24, 2.45) is 5.73 Å². The maximum atomic E-state index is 12.0. The van der Waals surface area contributed by atoms with E-state index in [2.05, 4.69) is 5.32 Å². The Balaban J connectivity index is 1.77. The molecule has 2 rings (SSSR count). The number of amides is 2. The average molecular weight is 269 g/mol. The lowest BCUT2D eigenvalue weighted by Gasteiger charge is -2.21. The molecular formula is C13H23N3O3. The molecule has 0 aromatic rings. The van der Waals surface area contributed by atoms with Crippen molar-refractivity contribution >= 4 is 11.8 Å². The fraction of sp³-hybridized carbons (Fsp3) is 0.846. The summed E-state index contributed by atoms with van der Waals surface area (Å²) in [6.07, 6.45) is 4.46. The van der Waals surface area contributed by atoms with Crippen LogP contribution in [0.2, 0.25) is 0 Å². The van der Waals surface area contributed by atoms with Crippen molar-refractivity contribution in [2.75, 3.05) is 26.2 Å². The fourth-order valence-corrected chi connectivity index (χ4v) is 2.62. The van der Waals surface area contributed by atoms with E-state index in [1.807, 2.05) is 4.90 Å². The van der Waals surface area contributed by atoms with Crippen molar-refractivity contribution in [2.45, 2.75) is 44.2 Å². The normalized spacial score (nSPS) is 24.6. The van der Waals surface area contributed by atoms with E-state index < -0.39 is 11.9 Å². The van der Waals surface area contributed by atoms with Crippen LogP contribution in [0.3, 0.4) is 0 Å². The molecule has 0 spiro atoms. The van der Waals surface area contributed by atoms with Crippen LogP contribution in [0.15, 0.2) is 0 Å².